The number of aromatic nitrogens is 5. The van der Waals surface area contributed by atoms with Crippen LogP contribution in [0.3, 0.4) is 0 Å². The Kier molecular flexibility index (Phi) is 4.61. The van der Waals surface area contributed by atoms with Crippen LogP contribution in [-0.4, -0.2) is 37.5 Å². The molecule has 1 saturated heterocycles. The van der Waals surface area contributed by atoms with Crippen LogP contribution in [0.4, 0.5) is 5.82 Å². The first kappa shape index (κ1) is 19.0. The zero-order valence-electron chi connectivity index (χ0n) is 17.8. The number of rotatable bonds is 4. The summed E-state index contributed by atoms with van der Waals surface area (Å²) in [6.07, 6.45) is 5.95. The van der Waals surface area contributed by atoms with E-state index in [1.54, 1.807) is 6.33 Å². The second kappa shape index (κ2) is 7.76. The molecule has 0 saturated carbocycles. The second-order valence-corrected chi connectivity index (χ2v) is 8.52. The fraction of sp³-hybridized carbons (Fsp3) is 0.240. The lowest BCUT2D eigenvalue weighted by molar-refractivity contribution is 0.449. The molecular formula is C25H25N7. The Bertz CT molecular complexity index is 1390. The predicted molar refractivity (Wildman–Crippen MR) is 127 cm³/mol. The molecule has 160 valence electrons. The van der Waals surface area contributed by atoms with Crippen LogP contribution in [0.5, 0.6) is 0 Å². The second-order valence-electron chi connectivity index (χ2n) is 8.52. The molecule has 1 fully saturated rings. The van der Waals surface area contributed by atoms with Gasteiger partial charge in [0, 0.05) is 35.3 Å². The monoisotopic (exact) mass is 423 g/mol. The topological polar surface area (TPSA) is 86.1 Å². The van der Waals surface area contributed by atoms with Crippen molar-refractivity contribution in [2.45, 2.75) is 25.3 Å². The first-order valence-corrected chi connectivity index (χ1v) is 11.1. The Hall–Kier alpha value is -3.71. The van der Waals surface area contributed by atoms with Crippen LogP contribution in [-0.2, 0) is 6.54 Å². The van der Waals surface area contributed by atoms with Crippen LogP contribution in [0.15, 0.2) is 67.1 Å². The van der Waals surface area contributed by atoms with E-state index in [1.165, 1.54) is 17.7 Å². The predicted octanol–water partition coefficient (Wildman–Crippen LogP) is 3.84. The average Bonchev–Trinajstić information content (AvgIpc) is 3.41. The standard InChI is InChI=1S/C25H25N7/c26-25-24-21(12-23(32(24)29-16-28-25)19-7-4-10-27-13-19)18-8-9-20-15-31(30-22(20)11-18)14-17-5-2-1-3-6-17/h1-3,5-6,8-9,11-12,15-16,19,27H,4,7,10,13-14H2,(H2,26,28,29). The molecule has 2 aromatic carbocycles. The summed E-state index contributed by atoms with van der Waals surface area (Å²) in [5.74, 6) is 0.910. The number of fused-ring (bicyclic) bond motifs is 2. The Morgan fingerprint density at radius 1 is 1.09 bits per heavy atom. The number of anilines is 1. The minimum absolute atomic E-state index is 0.410. The maximum absolute atomic E-state index is 6.33. The first-order valence-electron chi connectivity index (χ1n) is 11.1. The summed E-state index contributed by atoms with van der Waals surface area (Å²) in [7, 11) is 0. The number of nitrogens with two attached hydrogens (primary N) is 1. The first-order chi connectivity index (χ1) is 15.8. The van der Waals surface area contributed by atoms with Gasteiger partial charge in [0.1, 0.15) is 11.8 Å². The van der Waals surface area contributed by atoms with Crippen molar-refractivity contribution in [1.29, 1.82) is 0 Å². The molecule has 0 bridgehead atoms. The zero-order chi connectivity index (χ0) is 21.5. The van der Waals surface area contributed by atoms with Crippen molar-refractivity contribution in [3.63, 3.8) is 0 Å². The fourth-order valence-electron chi connectivity index (χ4n) is 4.79. The molecule has 3 aromatic heterocycles. The smallest absolute Gasteiger partial charge is 0.151 e. The third kappa shape index (κ3) is 3.31. The molecule has 0 aliphatic carbocycles. The van der Waals surface area contributed by atoms with Crippen molar-refractivity contribution in [2.24, 2.45) is 0 Å². The summed E-state index contributed by atoms with van der Waals surface area (Å²) in [6.45, 7) is 2.78. The van der Waals surface area contributed by atoms with Gasteiger partial charge in [-0.05, 0) is 42.6 Å². The van der Waals surface area contributed by atoms with Crippen molar-refractivity contribution < 1.29 is 0 Å². The summed E-state index contributed by atoms with van der Waals surface area (Å²) >= 11 is 0. The van der Waals surface area contributed by atoms with Gasteiger partial charge in [0.25, 0.3) is 0 Å². The van der Waals surface area contributed by atoms with E-state index in [0.29, 0.717) is 11.7 Å². The number of hydrogen-bond acceptors (Lipinski definition) is 5. The Labute approximate surface area is 185 Å². The molecule has 3 N–H and O–H groups in total. The van der Waals surface area contributed by atoms with E-state index in [2.05, 4.69) is 70.1 Å². The van der Waals surface area contributed by atoms with Gasteiger partial charge in [-0.1, -0.05) is 42.5 Å². The van der Waals surface area contributed by atoms with Gasteiger partial charge in [-0.15, -0.1) is 0 Å². The number of piperidine rings is 1. The average molecular weight is 424 g/mol. The minimum Gasteiger partial charge on any atom is -0.382 e. The van der Waals surface area contributed by atoms with E-state index >= 15 is 0 Å². The van der Waals surface area contributed by atoms with Gasteiger partial charge in [0.2, 0.25) is 0 Å². The summed E-state index contributed by atoms with van der Waals surface area (Å²) in [5, 5.41) is 14.0. The van der Waals surface area contributed by atoms with E-state index in [-0.39, 0.29) is 0 Å². The molecule has 6 rings (SSSR count). The molecule has 7 heteroatoms. The summed E-state index contributed by atoms with van der Waals surface area (Å²) in [4.78, 5) is 4.28. The number of nitrogen functional groups attached to an aromatic ring is 1. The number of hydrogen-bond donors (Lipinski definition) is 2. The lowest BCUT2D eigenvalue weighted by atomic mass is 9.95. The number of nitrogens with zero attached hydrogens (tertiary/aromatic N) is 5. The van der Waals surface area contributed by atoms with Crippen molar-refractivity contribution >= 4 is 22.2 Å². The molecular weight excluding hydrogens is 398 g/mol. The zero-order valence-corrected chi connectivity index (χ0v) is 17.8. The largest absolute Gasteiger partial charge is 0.382 e. The normalized spacial score (nSPS) is 16.7. The van der Waals surface area contributed by atoms with Gasteiger partial charge in [0.15, 0.2) is 5.82 Å². The van der Waals surface area contributed by atoms with Crippen LogP contribution < -0.4 is 11.1 Å². The SMILES string of the molecule is Nc1ncnn2c(C3CCCNC3)cc(-c3ccc4cn(Cc5ccccc5)nc4c3)c12. The van der Waals surface area contributed by atoms with Gasteiger partial charge < -0.3 is 11.1 Å². The molecule has 5 aromatic rings. The van der Waals surface area contributed by atoms with Crippen LogP contribution in [0.25, 0.3) is 27.5 Å². The van der Waals surface area contributed by atoms with Crippen LogP contribution in [0.1, 0.15) is 30.0 Å². The maximum Gasteiger partial charge on any atom is 0.151 e. The number of nitrogens with one attached hydrogen (secondary N) is 1. The molecule has 1 atom stereocenters. The van der Waals surface area contributed by atoms with Gasteiger partial charge in [-0.3, -0.25) is 4.68 Å². The van der Waals surface area contributed by atoms with Crippen molar-refractivity contribution in [2.75, 3.05) is 18.8 Å². The molecule has 32 heavy (non-hydrogen) atoms. The number of benzene rings is 2. The summed E-state index contributed by atoms with van der Waals surface area (Å²) < 4.78 is 3.98. The fourth-order valence-corrected chi connectivity index (χ4v) is 4.79. The Morgan fingerprint density at radius 3 is 2.84 bits per heavy atom. The van der Waals surface area contributed by atoms with Gasteiger partial charge in [-0.2, -0.15) is 10.2 Å². The highest BCUT2D eigenvalue weighted by molar-refractivity contribution is 5.92. The van der Waals surface area contributed by atoms with E-state index in [4.69, 9.17) is 10.8 Å². The molecule has 0 radical (unpaired) electrons. The van der Waals surface area contributed by atoms with Crippen LogP contribution >= 0.6 is 0 Å². The molecule has 7 nitrogen and oxygen atoms in total. The lowest BCUT2D eigenvalue weighted by Gasteiger charge is -2.22. The summed E-state index contributed by atoms with van der Waals surface area (Å²) in [5.41, 5.74) is 12.7. The Balaban J connectivity index is 1.43. The minimum atomic E-state index is 0.410. The molecule has 1 aliphatic heterocycles. The highest BCUT2D eigenvalue weighted by atomic mass is 15.3. The molecule has 1 unspecified atom stereocenters. The molecule has 0 amide bonds. The molecule has 4 heterocycles. The van der Waals surface area contributed by atoms with Crippen LogP contribution in [0, 0.1) is 0 Å². The van der Waals surface area contributed by atoms with Crippen LogP contribution in [0.2, 0.25) is 0 Å². The lowest BCUT2D eigenvalue weighted by Crippen LogP contribution is -2.29. The highest BCUT2D eigenvalue weighted by Gasteiger charge is 2.23. The van der Waals surface area contributed by atoms with E-state index in [0.717, 1.165) is 53.6 Å². The van der Waals surface area contributed by atoms with Crippen molar-refractivity contribution in [3.05, 3.63) is 78.4 Å². The maximum atomic E-state index is 6.33. The van der Waals surface area contributed by atoms with Gasteiger partial charge in [0.05, 0.1) is 12.1 Å². The third-order valence-corrected chi connectivity index (χ3v) is 6.38. The Morgan fingerprint density at radius 2 is 2.00 bits per heavy atom. The third-order valence-electron chi connectivity index (χ3n) is 6.38. The van der Waals surface area contributed by atoms with Gasteiger partial charge >= 0.3 is 0 Å². The van der Waals surface area contributed by atoms with Gasteiger partial charge in [-0.25, -0.2) is 9.50 Å². The quantitative estimate of drug-likeness (QED) is 0.459. The van der Waals surface area contributed by atoms with E-state index in [1.807, 2.05) is 15.3 Å². The van der Waals surface area contributed by atoms with Crippen molar-refractivity contribution in [1.82, 2.24) is 29.7 Å². The van der Waals surface area contributed by atoms with E-state index in [9.17, 15) is 0 Å². The molecule has 0 spiro atoms. The summed E-state index contributed by atoms with van der Waals surface area (Å²) in [6, 6.07) is 19.0. The molecule has 1 aliphatic rings. The van der Waals surface area contributed by atoms with Crippen molar-refractivity contribution in [3.8, 4) is 11.1 Å². The highest BCUT2D eigenvalue weighted by Crippen LogP contribution is 2.35. The van der Waals surface area contributed by atoms with E-state index < -0.39 is 0 Å².